The van der Waals surface area contributed by atoms with E-state index in [4.69, 9.17) is 14.0 Å². The van der Waals surface area contributed by atoms with Gasteiger partial charge in [0.15, 0.2) is 6.61 Å². The normalized spacial score (nSPS) is 11.4. The molecule has 0 fully saturated rings. The molecule has 2 aromatic carbocycles. The maximum Gasteiger partial charge on any atom is 0.338 e. The van der Waals surface area contributed by atoms with Crippen LogP contribution in [0.2, 0.25) is 0 Å². The average Bonchev–Trinajstić information content (AvgIpc) is 3.20. The lowest BCUT2D eigenvalue weighted by Gasteiger charge is -2.11. The second kappa shape index (κ2) is 8.41. The molecule has 0 spiro atoms. The Balaban J connectivity index is 1.67. The SMILES string of the molecule is COc1ccccc1-c1noc(COC(=O)c2ccc(S(=O)(=O)N(C)C)cc2)n1. The molecule has 0 aliphatic heterocycles. The molecule has 1 heterocycles. The van der Waals surface area contributed by atoms with E-state index in [0.717, 1.165) is 4.31 Å². The van der Waals surface area contributed by atoms with Gasteiger partial charge in [-0.05, 0) is 36.4 Å². The van der Waals surface area contributed by atoms with Crippen LogP contribution in [0, 0.1) is 0 Å². The van der Waals surface area contributed by atoms with Gasteiger partial charge in [0.2, 0.25) is 15.8 Å². The molecule has 9 nitrogen and oxygen atoms in total. The number of rotatable bonds is 7. The molecule has 0 unspecified atom stereocenters. The van der Waals surface area contributed by atoms with Crippen molar-refractivity contribution < 1.29 is 27.2 Å². The Kier molecular flexibility index (Phi) is 5.95. The Bertz CT molecular complexity index is 1110. The third kappa shape index (κ3) is 4.44. The third-order valence-corrected chi connectivity index (χ3v) is 5.84. The van der Waals surface area contributed by atoms with Gasteiger partial charge in [0.25, 0.3) is 5.89 Å². The lowest BCUT2D eigenvalue weighted by Crippen LogP contribution is -2.22. The molecule has 3 aromatic rings. The standard InChI is InChI=1S/C19H19N3O6S/c1-22(2)29(24,25)14-10-8-13(9-11-14)19(23)27-12-17-20-18(21-28-17)15-6-4-5-7-16(15)26-3/h4-11H,12H2,1-3H3. The van der Waals surface area contributed by atoms with Gasteiger partial charge in [-0.25, -0.2) is 17.5 Å². The number of sulfonamides is 1. The maximum absolute atomic E-state index is 12.2. The van der Waals surface area contributed by atoms with E-state index < -0.39 is 16.0 Å². The van der Waals surface area contributed by atoms with Gasteiger partial charge in [-0.3, -0.25) is 0 Å². The second-order valence-corrected chi connectivity index (χ2v) is 8.25. The van der Waals surface area contributed by atoms with Crippen molar-refractivity contribution in [2.45, 2.75) is 11.5 Å². The number of ether oxygens (including phenoxy) is 2. The number of carbonyl (C=O) groups excluding carboxylic acids is 1. The molecule has 0 radical (unpaired) electrons. The van der Waals surface area contributed by atoms with E-state index in [1.807, 2.05) is 12.1 Å². The van der Waals surface area contributed by atoms with Crippen molar-refractivity contribution in [3.63, 3.8) is 0 Å². The van der Waals surface area contributed by atoms with E-state index >= 15 is 0 Å². The Morgan fingerprint density at radius 2 is 1.79 bits per heavy atom. The lowest BCUT2D eigenvalue weighted by molar-refractivity contribution is 0.0429. The first kappa shape index (κ1) is 20.5. The minimum absolute atomic E-state index is 0.0809. The van der Waals surface area contributed by atoms with Crippen LogP contribution < -0.4 is 4.74 Å². The van der Waals surface area contributed by atoms with Gasteiger partial charge in [0.05, 0.1) is 23.1 Å². The fourth-order valence-corrected chi connectivity index (χ4v) is 3.34. The van der Waals surface area contributed by atoms with Crippen LogP contribution in [0.3, 0.4) is 0 Å². The molecule has 0 atom stereocenters. The van der Waals surface area contributed by atoms with Crippen LogP contribution in [0.5, 0.6) is 5.75 Å². The number of hydrogen-bond donors (Lipinski definition) is 0. The predicted octanol–water partition coefficient (Wildman–Crippen LogP) is 2.35. The monoisotopic (exact) mass is 417 g/mol. The largest absolute Gasteiger partial charge is 0.496 e. The number of aromatic nitrogens is 2. The summed E-state index contributed by atoms with van der Waals surface area (Å²) < 4.78 is 40.8. The minimum atomic E-state index is -3.57. The van der Waals surface area contributed by atoms with Gasteiger partial charge < -0.3 is 14.0 Å². The summed E-state index contributed by atoms with van der Waals surface area (Å²) in [6.45, 7) is -0.223. The van der Waals surface area contributed by atoms with Gasteiger partial charge >= 0.3 is 5.97 Å². The molecule has 0 bridgehead atoms. The van der Waals surface area contributed by atoms with Crippen LogP contribution in [0.25, 0.3) is 11.4 Å². The van der Waals surface area contributed by atoms with Crippen LogP contribution in [-0.4, -0.2) is 50.0 Å². The Hall–Kier alpha value is -3.24. The zero-order valence-corrected chi connectivity index (χ0v) is 16.8. The summed E-state index contributed by atoms with van der Waals surface area (Å²) >= 11 is 0. The molecule has 10 heteroatoms. The van der Waals surface area contributed by atoms with Gasteiger partial charge in [0, 0.05) is 14.1 Å². The molecular formula is C19H19N3O6S. The number of esters is 1. The van der Waals surface area contributed by atoms with Crippen LogP contribution in [0.1, 0.15) is 16.2 Å². The van der Waals surface area contributed by atoms with Gasteiger partial charge in [-0.15, -0.1) is 0 Å². The molecule has 0 aliphatic carbocycles. The fourth-order valence-electron chi connectivity index (χ4n) is 2.44. The molecule has 29 heavy (non-hydrogen) atoms. The summed E-state index contributed by atoms with van der Waals surface area (Å²) in [4.78, 5) is 16.5. The number of para-hydroxylation sites is 1. The molecule has 1 aromatic heterocycles. The number of methoxy groups -OCH3 is 1. The van der Waals surface area contributed by atoms with Crippen LogP contribution in [0.4, 0.5) is 0 Å². The van der Waals surface area contributed by atoms with Gasteiger partial charge in [-0.1, -0.05) is 17.3 Å². The fraction of sp³-hybridized carbons (Fsp3) is 0.211. The summed E-state index contributed by atoms with van der Waals surface area (Å²) in [5.41, 5.74) is 0.848. The Morgan fingerprint density at radius 1 is 1.10 bits per heavy atom. The smallest absolute Gasteiger partial charge is 0.338 e. The zero-order valence-electron chi connectivity index (χ0n) is 16.0. The molecule has 0 saturated heterocycles. The summed E-state index contributed by atoms with van der Waals surface area (Å²) in [6, 6.07) is 12.6. The zero-order chi connectivity index (χ0) is 21.0. The van der Waals surface area contributed by atoms with Crippen molar-refractivity contribution in [1.82, 2.24) is 14.4 Å². The number of hydrogen-bond acceptors (Lipinski definition) is 8. The minimum Gasteiger partial charge on any atom is -0.496 e. The number of benzene rings is 2. The summed E-state index contributed by atoms with van der Waals surface area (Å²) in [7, 11) is 0.836. The van der Waals surface area contributed by atoms with Crippen molar-refractivity contribution in [2.24, 2.45) is 0 Å². The van der Waals surface area contributed by atoms with Crippen LogP contribution >= 0.6 is 0 Å². The van der Waals surface area contributed by atoms with E-state index in [2.05, 4.69) is 10.1 Å². The quantitative estimate of drug-likeness (QED) is 0.539. The Labute approximate surface area is 167 Å². The van der Waals surface area contributed by atoms with Crippen molar-refractivity contribution in [3.8, 4) is 17.1 Å². The van der Waals surface area contributed by atoms with E-state index in [1.54, 1.807) is 12.1 Å². The van der Waals surface area contributed by atoms with E-state index in [0.29, 0.717) is 17.1 Å². The van der Waals surface area contributed by atoms with Crippen molar-refractivity contribution in [1.29, 1.82) is 0 Å². The average molecular weight is 417 g/mol. The van der Waals surface area contributed by atoms with E-state index in [-0.39, 0.29) is 23.0 Å². The number of carbonyl (C=O) groups is 1. The first-order valence-electron chi connectivity index (χ1n) is 8.48. The summed E-state index contributed by atoms with van der Waals surface area (Å²) in [5.74, 6) is 0.373. The van der Waals surface area contributed by atoms with Crippen molar-refractivity contribution >= 4 is 16.0 Å². The van der Waals surface area contributed by atoms with Gasteiger partial charge in [0.1, 0.15) is 5.75 Å². The van der Waals surface area contributed by atoms with Gasteiger partial charge in [-0.2, -0.15) is 4.98 Å². The highest BCUT2D eigenvalue weighted by atomic mass is 32.2. The van der Waals surface area contributed by atoms with Crippen LogP contribution in [-0.2, 0) is 21.4 Å². The highest BCUT2D eigenvalue weighted by Gasteiger charge is 2.19. The molecule has 3 rings (SSSR count). The first-order valence-corrected chi connectivity index (χ1v) is 9.92. The second-order valence-electron chi connectivity index (χ2n) is 6.10. The van der Waals surface area contributed by atoms with Crippen molar-refractivity contribution in [2.75, 3.05) is 21.2 Å². The first-order chi connectivity index (χ1) is 13.8. The van der Waals surface area contributed by atoms with E-state index in [9.17, 15) is 13.2 Å². The van der Waals surface area contributed by atoms with Crippen molar-refractivity contribution in [3.05, 3.63) is 60.0 Å². The highest BCUT2D eigenvalue weighted by molar-refractivity contribution is 7.89. The predicted molar refractivity (Wildman–Crippen MR) is 103 cm³/mol. The number of nitrogens with zero attached hydrogens (tertiary/aromatic N) is 3. The molecule has 0 aliphatic rings. The Morgan fingerprint density at radius 3 is 2.45 bits per heavy atom. The van der Waals surface area contributed by atoms with Crippen LogP contribution in [0.15, 0.2) is 57.9 Å². The summed E-state index contributed by atoms with van der Waals surface area (Å²) in [5, 5.41) is 3.87. The molecular weight excluding hydrogens is 398 g/mol. The summed E-state index contributed by atoms with van der Waals surface area (Å²) in [6.07, 6.45) is 0. The molecule has 0 saturated carbocycles. The third-order valence-electron chi connectivity index (χ3n) is 4.01. The molecule has 152 valence electrons. The molecule has 0 amide bonds. The lowest BCUT2D eigenvalue weighted by atomic mass is 10.2. The topological polar surface area (TPSA) is 112 Å². The maximum atomic E-state index is 12.2. The highest BCUT2D eigenvalue weighted by Crippen LogP contribution is 2.27. The van der Waals surface area contributed by atoms with E-state index in [1.165, 1.54) is 45.5 Å². The molecule has 0 N–H and O–H groups in total.